The van der Waals surface area contributed by atoms with Gasteiger partial charge in [-0.3, -0.25) is 10.1 Å². The molecule has 110 valence electrons. The Kier molecular flexibility index (Phi) is 4.56. The van der Waals surface area contributed by atoms with Crippen LogP contribution in [0.1, 0.15) is 18.5 Å². The lowest BCUT2D eigenvalue weighted by Gasteiger charge is -2.15. The lowest BCUT2D eigenvalue weighted by molar-refractivity contribution is -0.384. The molecule has 2 rings (SSSR count). The normalized spacial score (nSPS) is 11.8. The number of hydrazine groups is 1. The van der Waals surface area contributed by atoms with Crippen LogP contribution in [0.15, 0.2) is 36.4 Å². The Morgan fingerprint density at radius 1 is 1.33 bits per heavy atom. The maximum absolute atomic E-state index is 10.9. The van der Waals surface area contributed by atoms with Crippen LogP contribution in [0.3, 0.4) is 0 Å². The molecule has 0 fully saturated rings. The lowest BCUT2D eigenvalue weighted by atomic mass is 10.1. The van der Waals surface area contributed by atoms with Crippen LogP contribution in [0, 0.1) is 10.1 Å². The van der Waals surface area contributed by atoms with Crippen LogP contribution in [-0.4, -0.2) is 9.91 Å². The van der Waals surface area contributed by atoms with Crippen LogP contribution in [0.2, 0.25) is 5.02 Å². The number of hydrogen-bond donors (Lipinski definition) is 3. The molecule has 1 aromatic heterocycles. The lowest BCUT2D eigenvalue weighted by Crippen LogP contribution is -2.12. The van der Waals surface area contributed by atoms with Crippen LogP contribution in [-0.2, 0) is 0 Å². The Hall–Kier alpha value is -2.38. The first-order valence-corrected chi connectivity index (χ1v) is 6.52. The number of anilines is 2. The minimum Gasteiger partial charge on any atom is -0.363 e. The van der Waals surface area contributed by atoms with Gasteiger partial charge in [0, 0.05) is 11.1 Å². The number of nitrogens with two attached hydrogens (primary N) is 1. The minimum absolute atomic E-state index is 0.0984. The van der Waals surface area contributed by atoms with Gasteiger partial charge in [-0.2, -0.15) is 0 Å². The van der Waals surface area contributed by atoms with Crippen molar-refractivity contribution in [3.8, 4) is 0 Å². The molecule has 0 saturated heterocycles. The van der Waals surface area contributed by atoms with E-state index in [2.05, 4.69) is 15.7 Å². The highest BCUT2D eigenvalue weighted by Crippen LogP contribution is 2.25. The number of nitrogens with one attached hydrogen (secondary N) is 2. The summed E-state index contributed by atoms with van der Waals surface area (Å²) in [5, 5.41) is 14.6. The van der Waals surface area contributed by atoms with E-state index in [4.69, 9.17) is 17.4 Å². The summed E-state index contributed by atoms with van der Waals surface area (Å²) >= 11 is 5.95. The molecule has 1 heterocycles. The van der Waals surface area contributed by atoms with Crippen molar-refractivity contribution in [2.45, 2.75) is 13.0 Å². The third kappa shape index (κ3) is 3.80. The fourth-order valence-corrected chi connectivity index (χ4v) is 2.05. The van der Waals surface area contributed by atoms with Gasteiger partial charge in [0.1, 0.15) is 11.6 Å². The Morgan fingerprint density at radius 3 is 2.67 bits per heavy atom. The zero-order chi connectivity index (χ0) is 15.4. The fourth-order valence-electron chi connectivity index (χ4n) is 1.85. The maximum Gasteiger partial charge on any atom is 0.276 e. The van der Waals surface area contributed by atoms with Gasteiger partial charge >= 0.3 is 0 Å². The number of nitrogens with zero attached hydrogens (tertiary/aromatic N) is 2. The molecule has 2 aromatic rings. The van der Waals surface area contributed by atoms with E-state index in [1.54, 1.807) is 6.07 Å². The zero-order valence-electron chi connectivity index (χ0n) is 11.2. The predicted molar refractivity (Wildman–Crippen MR) is 82.2 cm³/mol. The molecule has 0 saturated carbocycles. The number of nitrogen functional groups attached to an aromatic ring is 1. The van der Waals surface area contributed by atoms with Crippen molar-refractivity contribution in [2.24, 2.45) is 5.84 Å². The largest absolute Gasteiger partial charge is 0.363 e. The molecule has 0 radical (unpaired) electrons. The van der Waals surface area contributed by atoms with E-state index in [9.17, 15) is 10.1 Å². The smallest absolute Gasteiger partial charge is 0.276 e. The van der Waals surface area contributed by atoms with Crippen LogP contribution >= 0.6 is 11.6 Å². The summed E-state index contributed by atoms with van der Waals surface area (Å²) in [4.78, 5) is 14.5. The van der Waals surface area contributed by atoms with Crippen LogP contribution in [0.5, 0.6) is 0 Å². The number of halogens is 1. The summed E-state index contributed by atoms with van der Waals surface area (Å²) in [5.41, 5.74) is 3.15. The van der Waals surface area contributed by atoms with Crippen LogP contribution in [0.25, 0.3) is 0 Å². The van der Waals surface area contributed by atoms with E-state index in [0.717, 1.165) is 5.56 Å². The predicted octanol–water partition coefficient (Wildman–Crippen LogP) is 3.10. The van der Waals surface area contributed by atoms with Crippen LogP contribution in [0.4, 0.5) is 17.3 Å². The molecule has 0 amide bonds. The molecule has 1 unspecified atom stereocenters. The van der Waals surface area contributed by atoms with Gasteiger partial charge < -0.3 is 10.7 Å². The Bertz CT molecular complexity index is 665. The van der Waals surface area contributed by atoms with Gasteiger partial charge in [0.15, 0.2) is 0 Å². The third-order valence-electron chi connectivity index (χ3n) is 2.88. The molecular formula is C13H14ClN5O2. The van der Waals surface area contributed by atoms with E-state index in [0.29, 0.717) is 10.8 Å². The molecule has 1 atom stereocenters. The number of pyridine rings is 1. The molecule has 0 aliphatic carbocycles. The standard InChI is InChI=1S/C13H14ClN5O2/c1-8(9-3-2-4-10(14)5-9)16-12-6-11(19(20)21)7-13(17-12)18-15/h2-8H,15H2,1H3,(H2,16,17,18). The first-order valence-electron chi connectivity index (χ1n) is 6.14. The average molecular weight is 308 g/mol. The van der Waals surface area contributed by atoms with Crippen molar-refractivity contribution in [3.63, 3.8) is 0 Å². The first-order chi connectivity index (χ1) is 9.99. The molecule has 0 aliphatic rings. The molecule has 21 heavy (non-hydrogen) atoms. The van der Waals surface area contributed by atoms with Crippen LogP contribution < -0.4 is 16.6 Å². The molecule has 8 heteroatoms. The topological polar surface area (TPSA) is 106 Å². The number of hydrogen-bond acceptors (Lipinski definition) is 6. The second-order valence-corrected chi connectivity index (χ2v) is 4.85. The van der Waals surface area contributed by atoms with Gasteiger partial charge in [-0.1, -0.05) is 23.7 Å². The Balaban J connectivity index is 2.26. The highest BCUT2D eigenvalue weighted by atomic mass is 35.5. The monoisotopic (exact) mass is 307 g/mol. The molecule has 1 aromatic carbocycles. The third-order valence-corrected chi connectivity index (χ3v) is 3.12. The van der Waals surface area contributed by atoms with E-state index in [1.807, 2.05) is 25.1 Å². The van der Waals surface area contributed by atoms with Crippen molar-refractivity contribution in [3.05, 3.63) is 57.1 Å². The number of aromatic nitrogens is 1. The van der Waals surface area contributed by atoms with E-state index in [1.165, 1.54) is 12.1 Å². The number of rotatable bonds is 5. The second-order valence-electron chi connectivity index (χ2n) is 4.42. The highest BCUT2D eigenvalue weighted by molar-refractivity contribution is 6.30. The SMILES string of the molecule is CC(Nc1cc([N+](=O)[O-])cc(NN)n1)c1cccc(Cl)c1. The van der Waals surface area contributed by atoms with Crippen molar-refractivity contribution >= 4 is 28.9 Å². The van der Waals surface area contributed by atoms with Gasteiger partial charge in [0.25, 0.3) is 5.69 Å². The summed E-state index contributed by atoms with van der Waals surface area (Å²) in [5.74, 6) is 5.83. The maximum atomic E-state index is 10.9. The van der Waals surface area contributed by atoms with Gasteiger partial charge in [-0.15, -0.1) is 0 Å². The quantitative estimate of drug-likeness (QED) is 0.445. The number of benzene rings is 1. The molecular weight excluding hydrogens is 294 g/mol. The average Bonchev–Trinajstić information content (AvgIpc) is 2.46. The molecule has 0 spiro atoms. The summed E-state index contributed by atoms with van der Waals surface area (Å²) in [6, 6.07) is 9.83. The molecule has 7 nitrogen and oxygen atoms in total. The summed E-state index contributed by atoms with van der Waals surface area (Å²) < 4.78 is 0. The van der Waals surface area contributed by atoms with E-state index >= 15 is 0 Å². The molecule has 4 N–H and O–H groups in total. The number of nitro groups is 1. The van der Waals surface area contributed by atoms with Gasteiger partial charge in [-0.25, -0.2) is 10.8 Å². The summed E-state index contributed by atoms with van der Waals surface area (Å²) in [6.07, 6.45) is 0. The summed E-state index contributed by atoms with van der Waals surface area (Å²) in [7, 11) is 0. The van der Waals surface area contributed by atoms with Crippen molar-refractivity contribution in [1.82, 2.24) is 4.98 Å². The van der Waals surface area contributed by atoms with E-state index < -0.39 is 4.92 Å². The zero-order valence-corrected chi connectivity index (χ0v) is 12.0. The van der Waals surface area contributed by atoms with Crippen molar-refractivity contribution < 1.29 is 4.92 Å². The Morgan fingerprint density at radius 2 is 2.05 bits per heavy atom. The van der Waals surface area contributed by atoms with Gasteiger partial charge in [-0.05, 0) is 24.6 Å². The van der Waals surface area contributed by atoms with E-state index in [-0.39, 0.29) is 17.5 Å². The Labute approximate surface area is 126 Å². The molecule has 0 bridgehead atoms. The van der Waals surface area contributed by atoms with Crippen molar-refractivity contribution in [1.29, 1.82) is 0 Å². The minimum atomic E-state index is -0.502. The highest BCUT2D eigenvalue weighted by Gasteiger charge is 2.13. The van der Waals surface area contributed by atoms with Gasteiger partial charge in [0.05, 0.1) is 17.1 Å². The fraction of sp³-hybridized carbons (Fsp3) is 0.154. The molecule has 0 aliphatic heterocycles. The summed E-state index contributed by atoms with van der Waals surface area (Å²) in [6.45, 7) is 1.90. The second kappa shape index (κ2) is 6.38. The first kappa shape index (κ1) is 15.0. The van der Waals surface area contributed by atoms with Gasteiger partial charge in [0.2, 0.25) is 0 Å². The van der Waals surface area contributed by atoms with Crippen molar-refractivity contribution in [2.75, 3.05) is 10.7 Å².